The maximum Gasteiger partial charge on any atom is 0.387 e. The summed E-state index contributed by atoms with van der Waals surface area (Å²) in [5, 5.41) is 0. The van der Waals surface area contributed by atoms with Gasteiger partial charge in [0.15, 0.2) is 11.5 Å². The lowest BCUT2D eigenvalue weighted by Gasteiger charge is -2.11. The number of benzene rings is 1. The van der Waals surface area contributed by atoms with Gasteiger partial charge in [0.2, 0.25) is 0 Å². The Morgan fingerprint density at radius 3 is 2.63 bits per heavy atom. The summed E-state index contributed by atoms with van der Waals surface area (Å²) in [7, 11) is 1.43. The summed E-state index contributed by atoms with van der Waals surface area (Å²) in [5.74, 6) is 2.14. The molecular formula is C13H19F2NO2S. The fourth-order valence-electron chi connectivity index (χ4n) is 1.45. The molecule has 0 saturated heterocycles. The van der Waals surface area contributed by atoms with Crippen LogP contribution < -0.4 is 15.2 Å². The predicted octanol–water partition coefficient (Wildman–Crippen LogP) is 3.27. The van der Waals surface area contributed by atoms with Crippen LogP contribution in [-0.4, -0.2) is 25.5 Å². The second kappa shape index (κ2) is 8.22. The third kappa shape index (κ3) is 6.11. The van der Waals surface area contributed by atoms with E-state index in [0.29, 0.717) is 5.75 Å². The van der Waals surface area contributed by atoms with Crippen molar-refractivity contribution < 1.29 is 18.3 Å². The first-order chi connectivity index (χ1) is 9.02. The molecule has 6 heteroatoms. The minimum Gasteiger partial charge on any atom is -0.493 e. The molecule has 3 nitrogen and oxygen atoms in total. The van der Waals surface area contributed by atoms with Gasteiger partial charge in [0.1, 0.15) is 0 Å². The zero-order valence-corrected chi connectivity index (χ0v) is 11.9. The highest BCUT2D eigenvalue weighted by molar-refractivity contribution is 7.98. The summed E-state index contributed by atoms with van der Waals surface area (Å²) in [5.41, 5.74) is 6.67. The van der Waals surface area contributed by atoms with Gasteiger partial charge in [0.05, 0.1) is 7.11 Å². The van der Waals surface area contributed by atoms with Crippen LogP contribution in [0.2, 0.25) is 0 Å². The lowest BCUT2D eigenvalue weighted by atomic mass is 10.2. The molecule has 19 heavy (non-hydrogen) atoms. The maximum absolute atomic E-state index is 12.2. The Balaban J connectivity index is 2.56. The average Bonchev–Trinajstić information content (AvgIpc) is 2.35. The van der Waals surface area contributed by atoms with Crippen molar-refractivity contribution >= 4 is 11.8 Å². The Hall–Kier alpha value is -1.01. The van der Waals surface area contributed by atoms with Crippen LogP contribution >= 0.6 is 11.8 Å². The molecule has 0 aliphatic carbocycles. The molecule has 1 atom stereocenters. The predicted molar refractivity (Wildman–Crippen MR) is 74.1 cm³/mol. The van der Waals surface area contributed by atoms with Crippen molar-refractivity contribution in [3.8, 4) is 11.5 Å². The first kappa shape index (κ1) is 16.0. The molecule has 0 heterocycles. The van der Waals surface area contributed by atoms with Gasteiger partial charge in [-0.25, -0.2) is 0 Å². The van der Waals surface area contributed by atoms with Crippen LogP contribution in [0.1, 0.15) is 18.9 Å². The number of thioether (sulfide) groups is 1. The van der Waals surface area contributed by atoms with Gasteiger partial charge in [-0.05, 0) is 36.8 Å². The van der Waals surface area contributed by atoms with Crippen molar-refractivity contribution in [3.63, 3.8) is 0 Å². The van der Waals surface area contributed by atoms with E-state index in [1.165, 1.54) is 13.2 Å². The molecule has 0 bridgehead atoms. The molecule has 1 aromatic rings. The number of rotatable bonds is 8. The molecule has 2 N–H and O–H groups in total. The number of halogens is 2. The van der Waals surface area contributed by atoms with Gasteiger partial charge in [-0.2, -0.15) is 20.5 Å². The molecule has 0 radical (unpaired) electrons. The fraction of sp³-hybridized carbons (Fsp3) is 0.538. The largest absolute Gasteiger partial charge is 0.493 e. The molecule has 1 unspecified atom stereocenters. The molecule has 0 saturated carbocycles. The number of hydrogen-bond donors (Lipinski definition) is 1. The molecule has 1 aromatic carbocycles. The first-order valence-corrected chi connectivity index (χ1v) is 7.13. The van der Waals surface area contributed by atoms with Crippen molar-refractivity contribution in [1.29, 1.82) is 0 Å². The standard InChI is InChI=1S/C13H19F2NO2S/c1-9(16)5-6-19-8-10-3-4-11(18-13(14)15)12(7-10)17-2/h3-4,7,9,13H,5-6,8,16H2,1-2H3. The van der Waals surface area contributed by atoms with Crippen LogP contribution in [0.4, 0.5) is 8.78 Å². The Labute approximate surface area is 116 Å². The molecule has 0 fully saturated rings. The quantitative estimate of drug-likeness (QED) is 0.747. The summed E-state index contributed by atoms with van der Waals surface area (Å²) in [6.07, 6.45) is 0.953. The van der Waals surface area contributed by atoms with Gasteiger partial charge < -0.3 is 15.2 Å². The summed E-state index contributed by atoms with van der Waals surface area (Å²) in [4.78, 5) is 0. The van der Waals surface area contributed by atoms with Gasteiger partial charge in [0.25, 0.3) is 0 Å². The molecule has 0 aliphatic rings. The highest BCUT2D eigenvalue weighted by atomic mass is 32.2. The normalized spacial score (nSPS) is 12.5. The van der Waals surface area contributed by atoms with Gasteiger partial charge in [-0.1, -0.05) is 6.07 Å². The molecule has 0 aliphatic heterocycles. The molecule has 1 rings (SSSR count). The lowest BCUT2D eigenvalue weighted by Crippen LogP contribution is -2.15. The summed E-state index contributed by atoms with van der Waals surface area (Å²) in [6, 6.07) is 5.19. The number of hydrogen-bond acceptors (Lipinski definition) is 4. The van der Waals surface area contributed by atoms with Gasteiger partial charge in [-0.15, -0.1) is 0 Å². The minimum atomic E-state index is -2.85. The highest BCUT2D eigenvalue weighted by Crippen LogP contribution is 2.30. The number of alkyl halides is 2. The van der Waals surface area contributed by atoms with Crippen molar-refractivity contribution in [3.05, 3.63) is 23.8 Å². The van der Waals surface area contributed by atoms with Crippen LogP contribution in [-0.2, 0) is 5.75 Å². The molecule has 0 spiro atoms. The van der Waals surface area contributed by atoms with Crippen LogP contribution in [0.3, 0.4) is 0 Å². The summed E-state index contributed by atoms with van der Waals surface area (Å²) >= 11 is 1.75. The first-order valence-electron chi connectivity index (χ1n) is 5.98. The van der Waals surface area contributed by atoms with Gasteiger partial charge in [0, 0.05) is 11.8 Å². The SMILES string of the molecule is COc1cc(CSCCC(C)N)ccc1OC(F)F. The monoisotopic (exact) mass is 291 g/mol. The van der Waals surface area contributed by atoms with E-state index in [-0.39, 0.29) is 11.8 Å². The van der Waals surface area contributed by atoms with Gasteiger partial charge in [-0.3, -0.25) is 0 Å². The van der Waals surface area contributed by atoms with Crippen molar-refractivity contribution in [2.24, 2.45) is 5.73 Å². The zero-order valence-electron chi connectivity index (χ0n) is 11.1. The summed E-state index contributed by atoms with van der Waals surface area (Å²) < 4.78 is 33.7. The Morgan fingerprint density at radius 2 is 2.05 bits per heavy atom. The molecule has 0 amide bonds. The van der Waals surface area contributed by atoms with E-state index in [1.807, 2.05) is 6.92 Å². The number of ether oxygens (including phenoxy) is 2. The van der Waals surface area contributed by atoms with E-state index in [1.54, 1.807) is 23.9 Å². The highest BCUT2D eigenvalue weighted by Gasteiger charge is 2.10. The van der Waals surface area contributed by atoms with Crippen LogP contribution in [0.15, 0.2) is 18.2 Å². The van der Waals surface area contributed by atoms with Crippen LogP contribution in [0, 0.1) is 0 Å². The topological polar surface area (TPSA) is 44.5 Å². The van der Waals surface area contributed by atoms with Crippen molar-refractivity contribution in [2.45, 2.75) is 31.8 Å². The summed E-state index contributed by atoms with van der Waals surface area (Å²) in [6.45, 7) is -0.875. The zero-order chi connectivity index (χ0) is 14.3. The molecule has 0 aromatic heterocycles. The Kier molecular flexibility index (Phi) is 6.94. The Morgan fingerprint density at radius 1 is 1.32 bits per heavy atom. The third-order valence-electron chi connectivity index (χ3n) is 2.43. The van der Waals surface area contributed by atoms with E-state index >= 15 is 0 Å². The van der Waals surface area contributed by atoms with E-state index in [4.69, 9.17) is 10.5 Å². The molecular weight excluding hydrogens is 272 g/mol. The number of methoxy groups -OCH3 is 1. The maximum atomic E-state index is 12.2. The fourth-order valence-corrected chi connectivity index (χ4v) is 2.55. The Bertz CT molecular complexity index is 389. The van der Waals surface area contributed by atoms with Crippen LogP contribution in [0.25, 0.3) is 0 Å². The van der Waals surface area contributed by atoms with Gasteiger partial charge >= 0.3 is 6.61 Å². The average molecular weight is 291 g/mol. The molecule has 108 valence electrons. The van der Waals surface area contributed by atoms with E-state index in [0.717, 1.165) is 23.5 Å². The van der Waals surface area contributed by atoms with Crippen LogP contribution in [0.5, 0.6) is 11.5 Å². The van der Waals surface area contributed by atoms with Crippen molar-refractivity contribution in [1.82, 2.24) is 0 Å². The second-order valence-corrected chi connectivity index (χ2v) is 5.29. The van der Waals surface area contributed by atoms with Crippen molar-refractivity contribution in [2.75, 3.05) is 12.9 Å². The van der Waals surface area contributed by atoms with E-state index in [2.05, 4.69) is 4.74 Å². The number of nitrogens with two attached hydrogens (primary N) is 1. The second-order valence-electron chi connectivity index (χ2n) is 4.18. The third-order valence-corrected chi connectivity index (χ3v) is 3.49. The lowest BCUT2D eigenvalue weighted by molar-refractivity contribution is -0.0512. The smallest absolute Gasteiger partial charge is 0.387 e. The minimum absolute atomic E-state index is 0.0573. The van der Waals surface area contributed by atoms with E-state index in [9.17, 15) is 8.78 Å². The van der Waals surface area contributed by atoms with E-state index < -0.39 is 6.61 Å².